The van der Waals surface area contributed by atoms with Gasteiger partial charge in [-0.1, -0.05) is 40.2 Å². The van der Waals surface area contributed by atoms with Crippen LogP contribution in [-0.2, 0) is 10.2 Å². The molecule has 0 unspecified atom stereocenters. The average Bonchev–Trinajstić information content (AvgIpc) is 2.74. The van der Waals surface area contributed by atoms with Gasteiger partial charge in [-0.25, -0.2) is 4.79 Å². The zero-order chi connectivity index (χ0) is 20.5. The lowest BCUT2D eigenvalue weighted by Gasteiger charge is -2.54. The van der Waals surface area contributed by atoms with Gasteiger partial charge < -0.3 is 10.4 Å². The van der Waals surface area contributed by atoms with Crippen LogP contribution in [0.15, 0.2) is 59.1 Å². The first-order chi connectivity index (χ1) is 13.9. The van der Waals surface area contributed by atoms with Gasteiger partial charge in [0.2, 0.25) is 0 Å². The standard InChI is InChI=1S/C25H28BrNO2/c1-18(15-23(28)29)19-3-2-4-22(16-19)27-17-24-9-12-25(13-10-24,14-11-24)20-5-7-21(26)8-6-20/h2-8,15-16,27H,9-14,17H2,1H3,(H,28,29)/b18-15+. The maximum Gasteiger partial charge on any atom is 0.328 e. The van der Waals surface area contributed by atoms with Gasteiger partial charge >= 0.3 is 5.97 Å². The summed E-state index contributed by atoms with van der Waals surface area (Å²) in [5.74, 6) is -0.904. The third kappa shape index (κ3) is 4.28. The van der Waals surface area contributed by atoms with Gasteiger partial charge in [0, 0.05) is 22.8 Å². The second-order valence-electron chi connectivity index (χ2n) is 8.89. The van der Waals surface area contributed by atoms with Crippen molar-refractivity contribution in [1.82, 2.24) is 0 Å². The van der Waals surface area contributed by atoms with Crippen molar-refractivity contribution in [2.24, 2.45) is 5.41 Å². The van der Waals surface area contributed by atoms with Gasteiger partial charge in [0.25, 0.3) is 0 Å². The van der Waals surface area contributed by atoms with E-state index >= 15 is 0 Å². The van der Waals surface area contributed by atoms with E-state index in [0.29, 0.717) is 10.8 Å². The monoisotopic (exact) mass is 453 g/mol. The van der Waals surface area contributed by atoms with Gasteiger partial charge in [-0.2, -0.15) is 0 Å². The number of hydrogen-bond donors (Lipinski definition) is 2. The highest BCUT2D eigenvalue weighted by atomic mass is 79.9. The first-order valence-electron chi connectivity index (χ1n) is 10.4. The molecule has 0 aliphatic heterocycles. The van der Waals surface area contributed by atoms with Gasteiger partial charge in [-0.3, -0.25) is 0 Å². The van der Waals surface area contributed by atoms with Crippen LogP contribution in [0.5, 0.6) is 0 Å². The van der Waals surface area contributed by atoms with Crippen LogP contribution in [0.3, 0.4) is 0 Å². The summed E-state index contributed by atoms with van der Waals surface area (Å²) in [5.41, 5.74) is 5.08. The zero-order valence-corrected chi connectivity index (χ0v) is 18.5. The summed E-state index contributed by atoms with van der Waals surface area (Å²) in [7, 11) is 0. The van der Waals surface area contributed by atoms with Crippen LogP contribution in [0, 0.1) is 5.41 Å². The maximum atomic E-state index is 10.9. The van der Waals surface area contributed by atoms with Crippen molar-refractivity contribution < 1.29 is 9.90 Å². The van der Waals surface area contributed by atoms with Crippen molar-refractivity contribution in [2.45, 2.75) is 50.9 Å². The quantitative estimate of drug-likeness (QED) is 0.481. The lowest BCUT2D eigenvalue weighted by molar-refractivity contribution is -0.131. The third-order valence-corrected chi connectivity index (χ3v) is 7.71. The van der Waals surface area contributed by atoms with Crippen LogP contribution in [0.4, 0.5) is 5.69 Å². The van der Waals surface area contributed by atoms with Crippen molar-refractivity contribution in [3.8, 4) is 0 Å². The number of fused-ring (bicyclic) bond motifs is 3. The Morgan fingerprint density at radius 2 is 1.72 bits per heavy atom. The Morgan fingerprint density at radius 1 is 1.07 bits per heavy atom. The van der Waals surface area contributed by atoms with E-state index in [0.717, 1.165) is 27.8 Å². The van der Waals surface area contributed by atoms with E-state index < -0.39 is 5.97 Å². The lowest BCUT2D eigenvalue weighted by Crippen LogP contribution is -2.47. The van der Waals surface area contributed by atoms with Gasteiger partial charge in [0.05, 0.1) is 0 Å². The zero-order valence-electron chi connectivity index (χ0n) is 16.9. The molecule has 0 radical (unpaired) electrons. The highest BCUT2D eigenvalue weighted by Crippen LogP contribution is 2.57. The summed E-state index contributed by atoms with van der Waals surface area (Å²) in [4.78, 5) is 10.9. The van der Waals surface area contributed by atoms with Crippen molar-refractivity contribution in [3.05, 3.63) is 70.2 Å². The molecule has 2 aromatic carbocycles. The number of allylic oxidation sites excluding steroid dienone is 1. The molecule has 3 aliphatic carbocycles. The van der Waals surface area contributed by atoms with Crippen molar-refractivity contribution >= 4 is 33.2 Å². The van der Waals surface area contributed by atoms with E-state index in [1.54, 1.807) is 0 Å². The number of hydrogen-bond acceptors (Lipinski definition) is 2. The Morgan fingerprint density at radius 3 is 2.34 bits per heavy atom. The molecule has 0 aromatic heterocycles. The molecular weight excluding hydrogens is 426 g/mol. The Kier molecular flexibility index (Phi) is 5.56. The van der Waals surface area contributed by atoms with Gasteiger partial charge in [0.1, 0.15) is 0 Å². The number of rotatable bonds is 6. The van der Waals surface area contributed by atoms with Crippen molar-refractivity contribution in [1.29, 1.82) is 0 Å². The molecule has 3 nitrogen and oxygen atoms in total. The molecule has 4 heteroatoms. The number of nitrogens with one attached hydrogen (secondary N) is 1. The third-order valence-electron chi connectivity index (χ3n) is 7.18. The minimum absolute atomic E-state index is 0.376. The number of aliphatic carboxylic acids is 1. The molecule has 0 heterocycles. The Bertz CT molecular complexity index is 908. The van der Waals surface area contributed by atoms with Gasteiger partial charge in [0.15, 0.2) is 0 Å². The molecule has 0 amide bonds. The molecule has 152 valence electrons. The summed E-state index contributed by atoms with van der Waals surface area (Å²) in [6, 6.07) is 17.1. The lowest BCUT2D eigenvalue weighted by atomic mass is 9.52. The topological polar surface area (TPSA) is 49.3 Å². The Hall–Kier alpha value is -2.07. The van der Waals surface area contributed by atoms with E-state index in [2.05, 4.69) is 57.6 Å². The molecule has 2 aromatic rings. The van der Waals surface area contributed by atoms with Crippen LogP contribution >= 0.6 is 15.9 Å². The summed E-state index contributed by atoms with van der Waals surface area (Å²) in [5, 5.41) is 12.6. The number of carboxylic acid groups (broad SMARTS) is 1. The van der Waals surface area contributed by atoms with E-state index in [1.165, 1.54) is 50.2 Å². The molecule has 2 bridgehead atoms. The summed E-state index contributed by atoms with van der Waals surface area (Å²) in [6.45, 7) is 2.84. The average molecular weight is 454 g/mol. The van der Waals surface area contributed by atoms with E-state index in [-0.39, 0.29) is 0 Å². The van der Waals surface area contributed by atoms with E-state index in [4.69, 9.17) is 5.11 Å². The smallest absolute Gasteiger partial charge is 0.328 e. The minimum Gasteiger partial charge on any atom is -0.478 e. The van der Waals surface area contributed by atoms with Gasteiger partial charge in [-0.05, 0) is 97.2 Å². The van der Waals surface area contributed by atoms with Crippen LogP contribution in [-0.4, -0.2) is 17.6 Å². The SMILES string of the molecule is C/C(=C\C(=O)O)c1cccc(NCC23CCC(c4ccc(Br)cc4)(CC2)CC3)c1. The minimum atomic E-state index is -0.904. The number of anilines is 1. The Balaban J connectivity index is 1.41. The molecule has 29 heavy (non-hydrogen) atoms. The number of halogens is 1. The van der Waals surface area contributed by atoms with Crippen LogP contribution in [0.2, 0.25) is 0 Å². The van der Waals surface area contributed by atoms with Crippen molar-refractivity contribution in [2.75, 3.05) is 11.9 Å². The normalized spacial score (nSPS) is 26.3. The predicted octanol–water partition coefficient (Wildman–Crippen LogP) is 6.64. The number of carboxylic acids is 1. The maximum absolute atomic E-state index is 10.9. The van der Waals surface area contributed by atoms with Crippen LogP contribution in [0.1, 0.15) is 56.6 Å². The number of carbonyl (C=O) groups is 1. The summed E-state index contributed by atoms with van der Waals surface area (Å²) in [6.07, 6.45) is 8.90. The van der Waals surface area contributed by atoms with Gasteiger partial charge in [-0.15, -0.1) is 0 Å². The highest BCUT2D eigenvalue weighted by Gasteiger charge is 2.49. The molecule has 2 N–H and O–H groups in total. The molecule has 3 saturated carbocycles. The van der Waals surface area contributed by atoms with E-state index in [9.17, 15) is 4.79 Å². The Labute approximate surface area is 181 Å². The van der Waals surface area contributed by atoms with E-state index in [1.807, 2.05) is 19.1 Å². The van der Waals surface area contributed by atoms with Crippen molar-refractivity contribution in [3.63, 3.8) is 0 Å². The molecule has 0 saturated heterocycles. The largest absolute Gasteiger partial charge is 0.478 e. The first-order valence-corrected chi connectivity index (χ1v) is 11.2. The predicted molar refractivity (Wildman–Crippen MR) is 122 cm³/mol. The summed E-state index contributed by atoms with van der Waals surface area (Å²) < 4.78 is 1.15. The van der Waals surface area contributed by atoms with Crippen LogP contribution in [0.25, 0.3) is 5.57 Å². The fraction of sp³-hybridized carbons (Fsp3) is 0.400. The molecule has 0 atom stereocenters. The molecular formula is C25H28BrNO2. The first kappa shape index (κ1) is 20.2. The molecule has 3 aliphatic rings. The summed E-state index contributed by atoms with van der Waals surface area (Å²) >= 11 is 3.55. The second kappa shape index (κ2) is 7.98. The second-order valence-corrected chi connectivity index (χ2v) is 9.80. The number of benzene rings is 2. The molecule has 3 fully saturated rings. The molecule has 0 spiro atoms. The highest BCUT2D eigenvalue weighted by molar-refractivity contribution is 9.10. The molecule has 5 rings (SSSR count). The van der Waals surface area contributed by atoms with Crippen LogP contribution < -0.4 is 5.32 Å². The fourth-order valence-corrected chi connectivity index (χ4v) is 5.46. The fourth-order valence-electron chi connectivity index (χ4n) is 5.20.